The van der Waals surface area contributed by atoms with Gasteiger partial charge in [0.1, 0.15) is 23.4 Å². The first-order valence-corrected chi connectivity index (χ1v) is 16.2. The number of furan rings is 1. The van der Waals surface area contributed by atoms with Crippen molar-refractivity contribution in [1.82, 2.24) is 0 Å². The van der Waals surface area contributed by atoms with Crippen molar-refractivity contribution in [3.63, 3.8) is 0 Å². The van der Waals surface area contributed by atoms with E-state index in [9.17, 15) is 24.6 Å². The van der Waals surface area contributed by atoms with Crippen LogP contribution >= 0.6 is 0 Å². The third kappa shape index (κ3) is 4.33. The van der Waals surface area contributed by atoms with Gasteiger partial charge in [0, 0.05) is 28.6 Å². The minimum Gasteiger partial charge on any atom is -0.472 e. The Bertz CT molecular complexity index is 1360. The first kappa shape index (κ1) is 32.2. The lowest BCUT2D eigenvalue weighted by atomic mass is 9.49. The second-order valence-corrected chi connectivity index (χ2v) is 14.3. The van der Waals surface area contributed by atoms with Gasteiger partial charge in [-0.15, -0.1) is 0 Å². The summed E-state index contributed by atoms with van der Waals surface area (Å²) in [6.45, 7) is 15.5. The molecule has 2 aliphatic carbocycles. The topological polar surface area (TPSA) is 154 Å². The lowest BCUT2D eigenvalue weighted by Crippen LogP contribution is -2.64. The van der Waals surface area contributed by atoms with Gasteiger partial charge in [0.25, 0.3) is 0 Å². The Balaban J connectivity index is 1.51. The highest BCUT2D eigenvalue weighted by Gasteiger charge is 2.85. The highest BCUT2D eigenvalue weighted by Crippen LogP contribution is 2.78. The maximum absolute atomic E-state index is 13.7. The van der Waals surface area contributed by atoms with Gasteiger partial charge in [0.2, 0.25) is 0 Å². The predicted octanol–water partition coefficient (Wildman–Crippen LogP) is 3.46. The number of hydrogen-bond acceptors (Lipinski definition) is 11. The molecule has 5 aliphatic rings. The quantitative estimate of drug-likeness (QED) is 0.169. The number of aliphatic hydroxyl groups excluding tert-OH is 2. The summed E-state index contributed by atoms with van der Waals surface area (Å²) < 4.78 is 36.4. The molecule has 45 heavy (non-hydrogen) atoms. The second-order valence-electron chi connectivity index (χ2n) is 14.3. The zero-order valence-corrected chi connectivity index (χ0v) is 26.9. The van der Waals surface area contributed by atoms with Crippen LogP contribution in [0.3, 0.4) is 0 Å². The lowest BCUT2D eigenvalue weighted by Gasteiger charge is -2.55. The summed E-state index contributed by atoms with van der Waals surface area (Å²) in [4.78, 5) is 39.6. The van der Waals surface area contributed by atoms with Gasteiger partial charge in [-0.05, 0) is 43.4 Å². The van der Waals surface area contributed by atoms with E-state index in [0.717, 1.165) is 11.1 Å². The van der Waals surface area contributed by atoms with Gasteiger partial charge in [-0.3, -0.25) is 9.59 Å². The maximum Gasteiger partial charge on any atom is 0.335 e. The Hall–Kier alpha value is -2.73. The van der Waals surface area contributed by atoms with Crippen molar-refractivity contribution in [3.05, 3.63) is 36.3 Å². The number of epoxide rings is 1. The van der Waals surface area contributed by atoms with E-state index >= 15 is 0 Å². The average molecular weight is 631 g/mol. The average Bonchev–Trinajstić information content (AvgIpc) is 3.31. The molecule has 6 rings (SSSR count). The number of ether oxygens (including phenoxy) is 5. The summed E-state index contributed by atoms with van der Waals surface area (Å²) in [5.41, 5.74) is -2.38. The first-order chi connectivity index (χ1) is 21.2. The third-order valence-electron chi connectivity index (χ3n) is 12.2. The molecule has 3 saturated heterocycles. The molecule has 1 aromatic rings. The van der Waals surface area contributed by atoms with Gasteiger partial charge in [0.15, 0.2) is 6.10 Å². The Labute approximate surface area is 263 Å². The molecule has 2 N–H and O–H groups in total. The van der Waals surface area contributed by atoms with Crippen molar-refractivity contribution >= 4 is 17.9 Å². The number of rotatable bonds is 10. The van der Waals surface area contributed by atoms with Gasteiger partial charge in [-0.25, -0.2) is 4.79 Å². The Morgan fingerprint density at radius 2 is 1.96 bits per heavy atom. The van der Waals surface area contributed by atoms with Crippen LogP contribution in [0.4, 0.5) is 0 Å². The first-order valence-electron chi connectivity index (χ1n) is 16.2. The molecule has 0 unspecified atom stereocenters. The Morgan fingerprint density at radius 3 is 2.58 bits per heavy atom. The maximum atomic E-state index is 13.7. The predicted molar refractivity (Wildman–Crippen MR) is 157 cm³/mol. The van der Waals surface area contributed by atoms with Gasteiger partial charge < -0.3 is 38.3 Å². The van der Waals surface area contributed by atoms with Crippen LogP contribution in [0.2, 0.25) is 0 Å². The van der Waals surface area contributed by atoms with Crippen molar-refractivity contribution in [2.45, 2.75) is 115 Å². The van der Waals surface area contributed by atoms with Crippen LogP contribution in [-0.4, -0.2) is 83.1 Å². The molecule has 5 fully saturated rings. The molecular weight excluding hydrogens is 584 g/mol. The largest absolute Gasteiger partial charge is 0.472 e. The molecule has 248 valence electrons. The molecule has 0 bridgehead atoms. The molecule has 3 aliphatic heterocycles. The number of aliphatic hydroxyl groups is 2. The number of esters is 3. The molecule has 11 nitrogen and oxygen atoms in total. The molecule has 1 aromatic heterocycles. The number of carbonyl (C=O) groups is 3. The van der Waals surface area contributed by atoms with E-state index in [1.807, 2.05) is 26.8 Å². The second kappa shape index (κ2) is 10.9. The summed E-state index contributed by atoms with van der Waals surface area (Å²) in [6.07, 6.45) is 0.208. The van der Waals surface area contributed by atoms with Crippen molar-refractivity contribution in [1.29, 1.82) is 0 Å². The highest BCUT2D eigenvalue weighted by atomic mass is 16.6. The van der Waals surface area contributed by atoms with E-state index in [4.69, 9.17) is 28.1 Å². The molecule has 0 amide bonds. The van der Waals surface area contributed by atoms with Crippen LogP contribution < -0.4 is 0 Å². The lowest BCUT2D eigenvalue weighted by molar-refractivity contribution is -0.197. The number of hydrogen-bond donors (Lipinski definition) is 2. The highest BCUT2D eigenvalue weighted by molar-refractivity contribution is 5.76. The standard InChI is InChI=1S/C34H46O11/c1-8-17(3)27(38)30(39)43-29-28-26(18(4)34-23(44-34)12-20(33(29,34)7)19-10-11-40-15-19)32(6,22(42-28)14-24(36)41-9-2)21-13-25(37)45-31(21,5)16-35/h10-11,15,17,20-23,26-29,35,38H,4,8-9,12-14,16H2,1-3,5-7H3/t17-,20+,21+,22+,23-,26-,27-,28-,29+,31-,32-,33-,34-/m1/s1. The van der Waals surface area contributed by atoms with Gasteiger partial charge in [-0.2, -0.15) is 0 Å². The van der Waals surface area contributed by atoms with Crippen molar-refractivity contribution in [3.8, 4) is 0 Å². The fraction of sp³-hybridized carbons (Fsp3) is 0.735. The zero-order valence-electron chi connectivity index (χ0n) is 26.9. The van der Waals surface area contributed by atoms with Crippen molar-refractivity contribution < 1.29 is 52.7 Å². The van der Waals surface area contributed by atoms with Gasteiger partial charge >= 0.3 is 17.9 Å². The molecule has 0 aromatic carbocycles. The Morgan fingerprint density at radius 1 is 1.22 bits per heavy atom. The van der Waals surface area contributed by atoms with Crippen LogP contribution in [0.25, 0.3) is 0 Å². The van der Waals surface area contributed by atoms with E-state index < -0.39 is 82.8 Å². The SMILES string of the molecule is C=C1[C@@H]2[C@@H](O[C@@H](CC(=O)OCC)[C@@]2(C)[C@H]2CC(=O)O[C@]2(C)CO)[C@H](OC(=O)[C@H](O)[C@H](C)CC)[C@@]2(C)[C@H](c3ccoc3)C[C@H]3O[C@]132. The van der Waals surface area contributed by atoms with Gasteiger partial charge in [0.05, 0.1) is 50.8 Å². The van der Waals surface area contributed by atoms with Crippen LogP contribution in [0.15, 0.2) is 35.2 Å². The molecule has 0 radical (unpaired) electrons. The minimum absolute atomic E-state index is 0.00384. The minimum atomic E-state index is -1.36. The molecule has 4 heterocycles. The summed E-state index contributed by atoms with van der Waals surface area (Å²) in [5, 5.41) is 21.5. The zero-order chi connectivity index (χ0) is 32.7. The summed E-state index contributed by atoms with van der Waals surface area (Å²) in [5.74, 6) is -3.35. The molecule has 2 saturated carbocycles. The molecular formula is C34H46O11. The monoisotopic (exact) mass is 630 g/mol. The van der Waals surface area contributed by atoms with Crippen LogP contribution in [-0.2, 0) is 38.1 Å². The summed E-state index contributed by atoms with van der Waals surface area (Å²) >= 11 is 0. The molecule has 1 spiro atoms. The van der Waals surface area contributed by atoms with Crippen LogP contribution in [0.5, 0.6) is 0 Å². The van der Waals surface area contributed by atoms with Crippen molar-refractivity contribution in [2.24, 2.45) is 28.6 Å². The molecule has 13 atom stereocenters. The van der Waals surface area contributed by atoms with E-state index in [0.29, 0.717) is 12.8 Å². The third-order valence-corrected chi connectivity index (χ3v) is 12.2. The Kier molecular flexibility index (Phi) is 7.82. The van der Waals surface area contributed by atoms with Crippen molar-refractivity contribution in [2.75, 3.05) is 13.2 Å². The fourth-order valence-corrected chi connectivity index (χ4v) is 9.65. The van der Waals surface area contributed by atoms with E-state index in [1.165, 1.54) is 0 Å². The number of carbonyl (C=O) groups excluding carboxylic acids is 3. The fourth-order valence-electron chi connectivity index (χ4n) is 9.65. The summed E-state index contributed by atoms with van der Waals surface area (Å²) in [7, 11) is 0. The van der Waals surface area contributed by atoms with E-state index in [2.05, 4.69) is 6.58 Å². The normalized spacial score (nSPS) is 44.4. The van der Waals surface area contributed by atoms with Crippen LogP contribution in [0.1, 0.15) is 78.7 Å². The van der Waals surface area contributed by atoms with E-state index in [-0.39, 0.29) is 37.4 Å². The molecule has 11 heteroatoms. The van der Waals surface area contributed by atoms with E-state index in [1.54, 1.807) is 33.3 Å². The van der Waals surface area contributed by atoms with Crippen LogP contribution in [0, 0.1) is 28.6 Å². The summed E-state index contributed by atoms with van der Waals surface area (Å²) in [6, 6.07) is 1.90. The number of cyclic esters (lactones) is 1. The smallest absolute Gasteiger partial charge is 0.335 e. The number of fused-ring (bicyclic) bond motifs is 1. The van der Waals surface area contributed by atoms with Gasteiger partial charge in [-0.1, -0.05) is 40.7 Å².